The van der Waals surface area contributed by atoms with Gasteiger partial charge in [-0.1, -0.05) is 29.0 Å². The first-order valence-corrected chi connectivity index (χ1v) is 13.7. The number of esters is 1. The van der Waals surface area contributed by atoms with Crippen molar-refractivity contribution in [3.05, 3.63) is 76.6 Å². The number of fused-ring (bicyclic) bond motifs is 1. The van der Waals surface area contributed by atoms with Crippen LogP contribution in [-0.2, 0) is 32.4 Å². The summed E-state index contributed by atoms with van der Waals surface area (Å²) in [5.41, 5.74) is 4.13. The van der Waals surface area contributed by atoms with Gasteiger partial charge >= 0.3 is 5.97 Å². The molecule has 1 aliphatic heterocycles. The Bertz CT molecular complexity index is 1430. The second kappa shape index (κ2) is 10.1. The summed E-state index contributed by atoms with van der Waals surface area (Å²) < 4.78 is 34.7. The lowest BCUT2D eigenvalue weighted by Gasteiger charge is -2.33. The molecule has 11 heteroatoms. The van der Waals surface area contributed by atoms with Crippen molar-refractivity contribution in [2.45, 2.75) is 49.6 Å². The normalized spacial score (nSPS) is 20.2. The quantitative estimate of drug-likeness (QED) is 0.491. The molecule has 1 N–H and O–H groups in total. The van der Waals surface area contributed by atoms with Crippen molar-refractivity contribution in [3.8, 4) is 0 Å². The summed E-state index contributed by atoms with van der Waals surface area (Å²) in [6, 6.07) is 11.2. The molecule has 0 spiro atoms. The van der Waals surface area contributed by atoms with Gasteiger partial charge in [0.25, 0.3) is 0 Å². The first kappa shape index (κ1) is 25.1. The zero-order valence-electron chi connectivity index (χ0n) is 20.8. The summed E-state index contributed by atoms with van der Waals surface area (Å²) in [4.78, 5) is 24.9. The standard InChI is InChI=1S/C26H29N5O5S/c1-17-6-9-21(10-7-17)37(34,35)31-13-12-27-25(32)24(31)15-20-16-30(29-28-20)23-5-3-4-18-14-19(26(33)36-2)8-11-22(18)23/h6-11,14,16,23-24H,3-5,12-13,15H2,1-2H3,(H,27,32). The van der Waals surface area contributed by atoms with Gasteiger partial charge in [0.1, 0.15) is 6.04 Å². The molecule has 1 fully saturated rings. The Kier molecular flexibility index (Phi) is 6.82. The van der Waals surface area contributed by atoms with Crippen LogP contribution in [0.5, 0.6) is 0 Å². The Labute approximate surface area is 215 Å². The Morgan fingerprint density at radius 1 is 1.19 bits per heavy atom. The van der Waals surface area contributed by atoms with Gasteiger partial charge in [-0.2, -0.15) is 4.31 Å². The highest BCUT2D eigenvalue weighted by molar-refractivity contribution is 7.89. The SMILES string of the molecule is COC(=O)c1ccc2c(c1)CCCC2n1cc(CC2C(=O)NCCN2S(=O)(=O)c2ccc(C)cc2)nn1. The van der Waals surface area contributed by atoms with Crippen molar-refractivity contribution < 1.29 is 22.7 Å². The van der Waals surface area contributed by atoms with Gasteiger partial charge < -0.3 is 10.1 Å². The largest absolute Gasteiger partial charge is 0.465 e. The number of rotatable bonds is 6. The number of aromatic nitrogens is 3. The summed E-state index contributed by atoms with van der Waals surface area (Å²) in [6.45, 7) is 2.32. The zero-order chi connectivity index (χ0) is 26.2. The number of carbonyl (C=O) groups excluding carboxylic acids is 2. The molecule has 0 saturated carbocycles. The highest BCUT2D eigenvalue weighted by atomic mass is 32.2. The molecule has 1 amide bonds. The second-order valence-electron chi connectivity index (χ2n) is 9.44. The van der Waals surface area contributed by atoms with Crippen molar-refractivity contribution in [3.63, 3.8) is 0 Å². The van der Waals surface area contributed by atoms with Crippen LogP contribution in [0.4, 0.5) is 0 Å². The molecule has 0 bridgehead atoms. The first-order chi connectivity index (χ1) is 17.8. The lowest BCUT2D eigenvalue weighted by atomic mass is 9.86. The number of nitrogens with one attached hydrogen (secondary N) is 1. The van der Waals surface area contributed by atoms with Crippen LogP contribution in [-0.4, -0.2) is 65.8 Å². The van der Waals surface area contributed by atoms with E-state index in [9.17, 15) is 18.0 Å². The van der Waals surface area contributed by atoms with Crippen LogP contribution in [0.3, 0.4) is 0 Å². The Balaban J connectivity index is 1.39. The maximum absolute atomic E-state index is 13.4. The van der Waals surface area contributed by atoms with Crippen LogP contribution in [0.1, 0.15) is 51.6 Å². The molecule has 1 aromatic heterocycles. The predicted octanol–water partition coefficient (Wildman–Crippen LogP) is 2.03. The number of aryl methyl sites for hydroxylation is 2. The average Bonchev–Trinajstić information content (AvgIpc) is 3.37. The third-order valence-corrected chi connectivity index (χ3v) is 8.96. The van der Waals surface area contributed by atoms with Gasteiger partial charge in [0, 0.05) is 25.7 Å². The maximum atomic E-state index is 13.4. The molecule has 3 aromatic rings. The number of hydrogen-bond donors (Lipinski definition) is 1. The number of amides is 1. The van der Waals surface area contributed by atoms with Gasteiger partial charge in [0.2, 0.25) is 15.9 Å². The van der Waals surface area contributed by atoms with Crippen LogP contribution in [0.2, 0.25) is 0 Å². The molecule has 1 saturated heterocycles. The van der Waals surface area contributed by atoms with Crippen molar-refractivity contribution in [1.82, 2.24) is 24.6 Å². The van der Waals surface area contributed by atoms with E-state index >= 15 is 0 Å². The summed E-state index contributed by atoms with van der Waals surface area (Å²) >= 11 is 0. The average molecular weight is 524 g/mol. The van der Waals surface area contributed by atoms with Crippen molar-refractivity contribution in [1.29, 1.82) is 0 Å². The fourth-order valence-electron chi connectivity index (χ4n) is 5.09. The van der Waals surface area contributed by atoms with Gasteiger partial charge in [-0.15, -0.1) is 5.10 Å². The van der Waals surface area contributed by atoms with E-state index < -0.39 is 16.1 Å². The van der Waals surface area contributed by atoms with E-state index in [4.69, 9.17) is 4.74 Å². The zero-order valence-corrected chi connectivity index (χ0v) is 21.6. The molecule has 0 radical (unpaired) electrons. The predicted molar refractivity (Wildman–Crippen MR) is 134 cm³/mol. The summed E-state index contributed by atoms with van der Waals surface area (Å²) in [7, 11) is -2.51. The van der Waals surface area contributed by atoms with Crippen LogP contribution < -0.4 is 5.32 Å². The molecule has 1 aliphatic carbocycles. The fraction of sp³-hybridized carbons (Fsp3) is 0.385. The number of hydrogen-bond acceptors (Lipinski definition) is 7. The van der Waals surface area contributed by atoms with E-state index in [1.54, 1.807) is 41.2 Å². The van der Waals surface area contributed by atoms with Gasteiger partial charge in [0.05, 0.1) is 29.3 Å². The first-order valence-electron chi connectivity index (χ1n) is 12.3. The molecule has 37 heavy (non-hydrogen) atoms. The molecule has 2 aliphatic rings. The molecule has 2 unspecified atom stereocenters. The molecule has 194 valence electrons. The minimum atomic E-state index is -3.87. The van der Waals surface area contributed by atoms with E-state index in [1.165, 1.54) is 11.4 Å². The lowest BCUT2D eigenvalue weighted by Crippen LogP contribution is -2.57. The summed E-state index contributed by atoms with van der Waals surface area (Å²) in [5, 5.41) is 11.4. The number of sulfonamides is 1. The topological polar surface area (TPSA) is 123 Å². The second-order valence-corrected chi connectivity index (χ2v) is 11.3. The molecular formula is C26H29N5O5S. The number of piperazine rings is 1. The smallest absolute Gasteiger partial charge is 0.337 e. The summed E-state index contributed by atoms with van der Waals surface area (Å²) in [5.74, 6) is -0.723. The van der Waals surface area contributed by atoms with Crippen LogP contribution in [0.25, 0.3) is 0 Å². The number of nitrogens with zero attached hydrogens (tertiary/aromatic N) is 4. The van der Waals surface area contributed by atoms with Gasteiger partial charge in [-0.3, -0.25) is 4.79 Å². The number of benzene rings is 2. The Morgan fingerprint density at radius 2 is 1.97 bits per heavy atom. The Hall–Kier alpha value is -3.57. The minimum Gasteiger partial charge on any atom is -0.465 e. The third kappa shape index (κ3) is 4.88. The number of ether oxygens (including phenoxy) is 1. The van der Waals surface area contributed by atoms with Crippen molar-refractivity contribution in [2.75, 3.05) is 20.2 Å². The maximum Gasteiger partial charge on any atom is 0.337 e. The van der Waals surface area contributed by atoms with Crippen molar-refractivity contribution >= 4 is 21.9 Å². The van der Waals surface area contributed by atoms with Gasteiger partial charge in [-0.05, 0) is 61.6 Å². The molecule has 2 aromatic carbocycles. The Morgan fingerprint density at radius 3 is 2.73 bits per heavy atom. The summed E-state index contributed by atoms with van der Waals surface area (Å²) in [6.07, 6.45) is 4.52. The molecule has 2 atom stereocenters. The van der Waals surface area contributed by atoms with E-state index in [-0.39, 0.29) is 42.3 Å². The highest BCUT2D eigenvalue weighted by Crippen LogP contribution is 2.33. The van der Waals surface area contributed by atoms with E-state index in [1.807, 2.05) is 19.1 Å². The minimum absolute atomic E-state index is 0.0655. The third-order valence-electron chi connectivity index (χ3n) is 7.04. The van der Waals surface area contributed by atoms with Crippen LogP contribution in [0, 0.1) is 6.92 Å². The van der Waals surface area contributed by atoms with Gasteiger partial charge in [-0.25, -0.2) is 17.9 Å². The van der Waals surface area contributed by atoms with Gasteiger partial charge in [0.15, 0.2) is 0 Å². The fourth-order valence-corrected chi connectivity index (χ4v) is 6.67. The number of methoxy groups -OCH3 is 1. The highest BCUT2D eigenvalue weighted by Gasteiger charge is 2.39. The molecule has 10 nitrogen and oxygen atoms in total. The number of carbonyl (C=O) groups is 2. The van der Waals surface area contributed by atoms with Crippen molar-refractivity contribution in [2.24, 2.45) is 0 Å². The lowest BCUT2D eigenvalue weighted by molar-refractivity contribution is -0.126. The van der Waals surface area contributed by atoms with E-state index in [2.05, 4.69) is 15.6 Å². The van der Waals surface area contributed by atoms with Crippen LogP contribution in [0.15, 0.2) is 53.6 Å². The van der Waals surface area contributed by atoms with Crippen LogP contribution >= 0.6 is 0 Å². The molecule has 2 heterocycles. The monoisotopic (exact) mass is 523 g/mol. The van der Waals surface area contributed by atoms with E-state index in [0.29, 0.717) is 11.3 Å². The molecule has 5 rings (SSSR count). The molecular weight excluding hydrogens is 494 g/mol. The van der Waals surface area contributed by atoms with E-state index in [0.717, 1.165) is 36.0 Å².